The van der Waals surface area contributed by atoms with Crippen molar-refractivity contribution in [1.82, 2.24) is 0 Å². The molecule has 0 aliphatic rings. The molecule has 0 aliphatic heterocycles. The van der Waals surface area contributed by atoms with E-state index in [1.807, 2.05) is 26.0 Å². The summed E-state index contributed by atoms with van der Waals surface area (Å²) in [5.74, 6) is 0.624. The minimum atomic E-state index is -0.628. The van der Waals surface area contributed by atoms with E-state index in [-0.39, 0.29) is 12.4 Å². The molecule has 21 heavy (non-hydrogen) atoms. The van der Waals surface area contributed by atoms with Crippen LogP contribution in [-0.4, -0.2) is 12.4 Å². The first kappa shape index (κ1) is 15.9. The highest BCUT2D eigenvalue weighted by molar-refractivity contribution is 6.30. The zero-order valence-corrected chi connectivity index (χ0v) is 13.4. The van der Waals surface area contributed by atoms with Gasteiger partial charge in [-0.1, -0.05) is 35.3 Å². The number of rotatable bonds is 5. The minimum absolute atomic E-state index is 0.000211. The molecule has 0 bridgehead atoms. The fourth-order valence-electron chi connectivity index (χ4n) is 1.89. The molecule has 0 unspecified atom stereocenters. The average molecular weight is 323 g/mol. The Bertz CT molecular complexity index is 616. The summed E-state index contributed by atoms with van der Waals surface area (Å²) in [4.78, 5) is 12.4. The zero-order chi connectivity index (χ0) is 15.5. The van der Waals surface area contributed by atoms with E-state index in [1.54, 1.807) is 36.4 Å². The molecular weight excluding hydrogens is 307 g/mol. The van der Waals surface area contributed by atoms with E-state index in [0.717, 1.165) is 5.56 Å². The van der Waals surface area contributed by atoms with Gasteiger partial charge in [-0.25, -0.2) is 0 Å². The fraction of sp³-hybridized carbons (Fsp3) is 0.235. The van der Waals surface area contributed by atoms with E-state index >= 15 is 0 Å². The lowest BCUT2D eigenvalue weighted by molar-refractivity contribution is -0.125. The Balaban J connectivity index is 2.04. The third-order valence-electron chi connectivity index (χ3n) is 3.45. The van der Waals surface area contributed by atoms with E-state index in [4.69, 9.17) is 27.9 Å². The van der Waals surface area contributed by atoms with Crippen molar-refractivity contribution in [2.45, 2.75) is 19.3 Å². The van der Waals surface area contributed by atoms with Crippen LogP contribution in [0.1, 0.15) is 19.4 Å². The van der Waals surface area contributed by atoms with Gasteiger partial charge in [-0.15, -0.1) is 0 Å². The quantitative estimate of drug-likeness (QED) is 0.781. The zero-order valence-electron chi connectivity index (χ0n) is 11.9. The van der Waals surface area contributed by atoms with Crippen molar-refractivity contribution >= 4 is 29.0 Å². The highest BCUT2D eigenvalue weighted by atomic mass is 35.5. The van der Waals surface area contributed by atoms with Crippen LogP contribution in [0, 0.1) is 0 Å². The van der Waals surface area contributed by atoms with E-state index < -0.39 is 5.41 Å². The van der Waals surface area contributed by atoms with Crippen LogP contribution >= 0.6 is 23.2 Å². The van der Waals surface area contributed by atoms with Crippen LogP contribution in [0.3, 0.4) is 0 Å². The van der Waals surface area contributed by atoms with Crippen LogP contribution in [0.15, 0.2) is 48.5 Å². The van der Waals surface area contributed by atoms with Crippen LogP contribution in [0.4, 0.5) is 0 Å². The summed E-state index contributed by atoms with van der Waals surface area (Å²) in [6.07, 6.45) is 0. The standard InChI is InChI=1S/C17H16Cl2O2/c1-17(2,12-3-5-13(18)6-4-12)16(20)11-21-15-9-7-14(19)8-10-15/h3-10H,11H2,1-2H3. The van der Waals surface area contributed by atoms with E-state index in [0.29, 0.717) is 15.8 Å². The monoisotopic (exact) mass is 322 g/mol. The summed E-state index contributed by atoms with van der Waals surface area (Å²) < 4.78 is 5.52. The Kier molecular flexibility index (Phi) is 4.92. The number of carbonyl (C=O) groups is 1. The Hall–Kier alpha value is -1.51. The SMILES string of the molecule is CC(C)(C(=O)COc1ccc(Cl)cc1)c1ccc(Cl)cc1. The van der Waals surface area contributed by atoms with Gasteiger partial charge in [0, 0.05) is 10.0 Å². The van der Waals surface area contributed by atoms with Crippen LogP contribution in [0.2, 0.25) is 10.0 Å². The van der Waals surface area contributed by atoms with Gasteiger partial charge in [0.25, 0.3) is 0 Å². The Labute approximate surface area is 134 Å². The average Bonchev–Trinajstić information content (AvgIpc) is 2.46. The molecule has 2 nitrogen and oxygen atoms in total. The first-order valence-electron chi connectivity index (χ1n) is 6.57. The molecule has 0 aromatic heterocycles. The summed E-state index contributed by atoms with van der Waals surface area (Å²) >= 11 is 11.7. The molecule has 0 radical (unpaired) electrons. The van der Waals surface area contributed by atoms with Gasteiger partial charge >= 0.3 is 0 Å². The van der Waals surface area contributed by atoms with Gasteiger partial charge in [0.05, 0.1) is 5.41 Å². The summed E-state index contributed by atoms with van der Waals surface area (Å²) in [7, 11) is 0. The number of halogens is 2. The minimum Gasteiger partial charge on any atom is -0.486 e. The van der Waals surface area contributed by atoms with Crippen LogP contribution in [-0.2, 0) is 10.2 Å². The lowest BCUT2D eigenvalue weighted by atomic mass is 9.81. The highest BCUT2D eigenvalue weighted by Gasteiger charge is 2.29. The molecule has 0 N–H and O–H groups in total. The summed E-state index contributed by atoms with van der Waals surface area (Å²) in [6, 6.07) is 14.2. The first-order chi connectivity index (χ1) is 9.89. The molecule has 0 atom stereocenters. The smallest absolute Gasteiger partial charge is 0.180 e. The number of benzene rings is 2. The van der Waals surface area contributed by atoms with E-state index in [9.17, 15) is 4.79 Å². The molecule has 2 rings (SSSR count). The van der Waals surface area contributed by atoms with Crippen molar-refractivity contribution in [3.05, 3.63) is 64.1 Å². The molecule has 2 aromatic carbocycles. The summed E-state index contributed by atoms with van der Waals surface area (Å²) in [6.45, 7) is 3.77. The van der Waals surface area contributed by atoms with Crippen LogP contribution in [0.25, 0.3) is 0 Å². The number of ether oxygens (including phenoxy) is 1. The van der Waals surface area contributed by atoms with Gasteiger partial charge in [-0.2, -0.15) is 0 Å². The molecule has 0 heterocycles. The lowest BCUT2D eigenvalue weighted by Gasteiger charge is -2.23. The van der Waals surface area contributed by atoms with Crippen molar-refractivity contribution in [1.29, 1.82) is 0 Å². The maximum atomic E-state index is 12.4. The van der Waals surface area contributed by atoms with Crippen molar-refractivity contribution in [2.75, 3.05) is 6.61 Å². The van der Waals surface area contributed by atoms with Crippen LogP contribution < -0.4 is 4.74 Å². The number of Topliss-reactive ketones (excluding diaryl/α,β-unsaturated/α-hetero) is 1. The van der Waals surface area contributed by atoms with Crippen molar-refractivity contribution in [3.8, 4) is 5.75 Å². The second-order valence-corrected chi connectivity index (χ2v) is 6.17. The predicted octanol–water partition coefficient (Wildman–Crippen LogP) is 4.92. The van der Waals surface area contributed by atoms with Crippen molar-refractivity contribution in [2.24, 2.45) is 0 Å². The maximum absolute atomic E-state index is 12.4. The van der Waals surface area contributed by atoms with E-state index in [2.05, 4.69) is 0 Å². The predicted molar refractivity (Wildman–Crippen MR) is 86.4 cm³/mol. The first-order valence-corrected chi connectivity index (χ1v) is 7.33. The summed E-state index contributed by atoms with van der Waals surface area (Å²) in [5.41, 5.74) is 0.286. The third kappa shape index (κ3) is 3.99. The second kappa shape index (κ2) is 6.50. The highest BCUT2D eigenvalue weighted by Crippen LogP contribution is 2.26. The van der Waals surface area contributed by atoms with Gasteiger partial charge in [-0.3, -0.25) is 4.79 Å². The van der Waals surface area contributed by atoms with E-state index in [1.165, 1.54) is 0 Å². The largest absolute Gasteiger partial charge is 0.486 e. The second-order valence-electron chi connectivity index (χ2n) is 5.30. The van der Waals surface area contributed by atoms with Crippen molar-refractivity contribution < 1.29 is 9.53 Å². The van der Waals surface area contributed by atoms with Gasteiger partial charge in [-0.05, 0) is 55.8 Å². The Morgan fingerprint density at radius 2 is 1.43 bits per heavy atom. The fourth-order valence-corrected chi connectivity index (χ4v) is 2.14. The lowest BCUT2D eigenvalue weighted by Crippen LogP contribution is -2.33. The molecule has 0 spiro atoms. The van der Waals surface area contributed by atoms with Crippen LogP contribution in [0.5, 0.6) is 5.75 Å². The molecule has 4 heteroatoms. The maximum Gasteiger partial charge on any atom is 0.180 e. The molecular formula is C17H16Cl2O2. The number of carbonyl (C=O) groups excluding carboxylic acids is 1. The van der Waals surface area contributed by atoms with Gasteiger partial charge in [0.15, 0.2) is 5.78 Å². The number of ketones is 1. The number of hydrogen-bond donors (Lipinski definition) is 0. The Morgan fingerprint density at radius 1 is 0.952 bits per heavy atom. The topological polar surface area (TPSA) is 26.3 Å². The normalized spacial score (nSPS) is 11.2. The van der Waals surface area contributed by atoms with Gasteiger partial charge in [0.1, 0.15) is 12.4 Å². The third-order valence-corrected chi connectivity index (χ3v) is 3.95. The molecule has 110 valence electrons. The molecule has 0 fully saturated rings. The molecule has 0 aliphatic carbocycles. The Morgan fingerprint density at radius 3 is 1.95 bits per heavy atom. The molecule has 0 saturated heterocycles. The van der Waals surface area contributed by atoms with Gasteiger partial charge in [0.2, 0.25) is 0 Å². The van der Waals surface area contributed by atoms with Gasteiger partial charge < -0.3 is 4.74 Å². The summed E-state index contributed by atoms with van der Waals surface area (Å²) in [5, 5.41) is 1.29. The van der Waals surface area contributed by atoms with Crippen molar-refractivity contribution in [3.63, 3.8) is 0 Å². The molecule has 0 saturated carbocycles. The molecule has 0 amide bonds. The molecule has 2 aromatic rings. The number of hydrogen-bond acceptors (Lipinski definition) is 2.